The van der Waals surface area contributed by atoms with Crippen LogP contribution in [0.25, 0.3) is 11.4 Å². The fourth-order valence-corrected chi connectivity index (χ4v) is 4.17. The quantitative estimate of drug-likeness (QED) is 0.649. The predicted molar refractivity (Wildman–Crippen MR) is 122 cm³/mol. The second-order valence-corrected chi connectivity index (χ2v) is 8.06. The van der Waals surface area contributed by atoms with Crippen molar-refractivity contribution in [1.29, 1.82) is 5.26 Å². The van der Waals surface area contributed by atoms with Crippen molar-refractivity contribution in [1.82, 2.24) is 9.55 Å². The molecule has 1 aromatic heterocycles. The third kappa shape index (κ3) is 4.26. The molecule has 2 amide bonds. The Morgan fingerprint density at radius 3 is 2.81 bits per heavy atom. The Bertz CT molecular complexity index is 1220. The summed E-state index contributed by atoms with van der Waals surface area (Å²) in [6, 6.07) is 13.4. The molecule has 0 aliphatic carbocycles. The minimum atomic E-state index is -0.511. The first-order chi connectivity index (χ1) is 15.5. The van der Waals surface area contributed by atoms with Gasteiger partial charge in [-0.25, -0.2) is 4.98 Å². The van der Waals surface area contributed by atoms with Gasteiger partial charge in [0.2, 0.25) is 11.8 Å². The molecular formula is C25H25N5O2. The zero-order valence-corrected chi connectivity index (χ0v) is 18.0. The molecule has 32 heavy (non-hydrogen) atoms. The maximum atomic E-state index is 12.3. The van der Waals surface area contributed by atoms with Gasteiger partial charge in [-0.15, -0.1) is 0 Å². The topological polar surface area (TPSA) is 105 Å². The summed E-state index contributed by atoms with van der Waals surface area (Å²) >= 11 is 0. The average molecular weight is 428 g/mol. The number of rotatable bonds is 6. The number of anilines is 1. The molecule has 2 N–H and O–H groups in total. The molecule has 2 heterocycles. The van der Waals surface area contributed by atoms with Crippen LogP contribution in [-0.2, 0) is 17.8 Å². The number of nitrogens with two attached hydrogens (primary N) is 1. The normalized spacial score (nSPS) is 13.8. The van der Waals surface area contributed by atoms with Gasteiger partial charge in [-0.1, -0.05) is 17.7 Å². The first kappa shape index (κ1) is 21.3. The number of carbonyl (C=O) groups is 2. The molecule has 1 fully saturated rings. The van der Waals surface area contributed by atoms with E-state index in [1.165, 1.54) is 0 Å². The molecule has 2 aromatic carbocycles. The van der Waals surface area contributed by atoms with Crippen LogP contribution in [0, 0.1) is 18.3 Å². The van der Waals surface area contributed by atoms with E-state index < -0.39 is 5.91 Å². The molecule has 4 rings (SSSR count). The van der Waals surface area contributed by atoms with Gasteiger partial charge in [0.25, 0.3) is 0 Å². The second kappa shape index (κ2) is 9.06. The van der Waals surface area contributed by atoms with Gasteiger partial charge in [0.1, 0.15) is 5.82 Å². The van der Waals surface area contributed by atoms with Gasteiger partial charge in [-0.2, -0.15) is 5.26 Å². The van der Waals surface area contributed by atoms with Crippen molar-refractivity contribution >= 4 is 17.5 Å². The minimum absolute atomic E-state index is 0.0777. The molecule has 7 nitrogen and oxygen atoms in total. The van der Waals surface area contributed by atoms with Crippen molar-refractivity contribution in [2.24, 2.45) is 5.73 Å². The van der Waals surface area contributed by atoms with Crippen LogP contribution in [0.5, 0.6) is 0 Å². The van der Waals surface area contributed by atoms with Crippen LogP contribution >= 0.6 is 0 Å². The molecule has 162 valence electrons. The number of aromatic nitrogens is 2. The Labute approximate surface area is 187 Å². The number of nitrogens with zero attached hydrogens (tertiary/aromatic N) is 4. The fraction of sp³-hybridized carbons (Fsp3) is 0.280. The zero-order valence-electron chi connectivity index (χ0n) is 18.0. The number of aryl methyl sites for hydroxylation is 3. The number of amides is 2. The number of nitriles is 1. The number of piperidine rings is 1. The van der Waals surface area contributed by atoms with Gasteiger partial charge < -0.3 is 15.2 Å². The molecule has 7 heteroatoms. The maximum absolute atomic E-state index is 12.3. The van der Waals surface area contributed by atoms with E-state index in [9.17, 15) is 14.9 Å². The van der Waals surface area contributed by atoms with Gasteiger partial charge in [-0.05, 0) is 56.0 Å². The molecule has 0 saturated carbocycles. The van der Waals surface area contributed by atoms with E-state index in [1.54, 1.807) is 23.2 Å². The van der Waals surface area contributed by atoms with E-state index in [1.807, 2.05) is 42.0 Å². The van der Waals surface area contributed by atoms with Crippen molar-refractivity contribution in [2.45, 2.75) is 39.2 Å². The molecule has 0 spiro atoms. The third-order valence-corrected chi connectivity index (χ3v) is 5.87. The van der Waals surface area contributed by atoms with Crippen LogP contribution in [0.2, 0.25) is 0 Å². The van der Waals surface area contributed by atoms with E-state index in [-0.39, 0.29) is 5.91 Å². The summed E-state index contributed by atoms with van der Waals surface area (Å²) in [4.78, 5) is 30.6. The lowest BCUT2D eigenvalue weighted by Gasteiger charge is -2.27. The van der Waals surface area contributed by atoms with E-state index in [4.69, 9.17) is 5.73 Å². The lowest BCUT2D eigenvalue weighted by molar-refractivity contribution is -0.119. The SMILES string of the molecule is Cc1ccc(C#N)c(-c2nccn2CCc2ccc(N3CCCCC3=O)cc2C(N)=O)c1. The van der Waals surface area contributed by atoms with Crippen molar-refractivity contribution in [3.05, 3.63) is 71.0 Å². The van der Waals surface area contributed by atoms with Gasteiger partial charge in [-0.3, -0.25) is 9.59 Å². The van der Waals surface area contributed by atoms with Gasteiger partial charge in [0.15, 0.2) is 0 Å². The number of primary amides is 1. The van der Waals surface area contributed by atoms with E-state index in [2.05, 4.69) is 11.1 Å². The molecular weight excluding hydrogens is 402 g/mol. The number of hydrogen-bond acceptors (Lipinski definition) is 4. The van der Waals surface area contributed by atoms with Gasteiger partial charge in [0, 0.05) is 48.7 Å². The summed E-state index contributed by atoms with van der Waals surface area (Å²) in [5.74, 6) is 0.276. The average Bonchev–Trinajstić information content (AvgIpc) is 3.26. The highest BCUT2D eigenvalue weighted by Crippen LogP contribution is 2.26. The summed E-state index contributed by atoms with van der Waals surface area (Å²) < 4.78 is 1.97. The first-order valence-corrected chi connectivity index (χ1v) is 10.7. The highest BCUT2D eigenvalue weighted by atomic mass is 16.2. The minimum Gasteiger partial charge on any atom is -0.366 e. The Kier molecular flexibility index (Phi) is 6.04. The van der Waals surface area contributed by atoms with Crippen molar-refractivity contribution in [3.63, 3.8) is 0 Å². The summed E-state index contributed by atoms with van der Waals surface area (Å²) in [6.07, 6.45) is 6.51. The zero-order chi connectivity index (χ0) is 22.7. The Morgan fingerprint density at radius 2 is 2.06 bits per heavy atom. The molecule has 1 aliphatic heterocycles. The molecule has 1 aliphatic rings. The molecule has 1 saturated heterocycles. The monoisotopic (exact) mass is 427 g/mol. The number of benzene rings is 2. The van der Waals surface area contributed by atoms with E-state index in [0.717, 1.165) is 29.5 Å². The van der Waals surface area contributed by atoms with Crippen LogP contribution in [0.4, 0.5) is 5.69 Å². The second-order valence-electron chi connectivity index (χ2n) is 8.06. The molecule has 0 unspecified atom stereocenters. The standard InChI is InChI=1S/C25H25N5O2/c1-17-5-6-19(16-26)22(14-17)25-28-10-13-29(25)12-9-18-7-8-20(15-21(18)24(27)32)30-11-3-2-4-23(30)31/h5-8,10,13-15H,2-4,9,11-12H2,1H3,(H2,27,32). The van der Waals surface area contributed by atoms with Gasteiger partial charge >= 0.3 is 0 Å². The molecule has 0 radical (unpaired) electrons. The molecule has 0 atom stereocenters. The number of imidazole rings is 1. The van der Waals surface area contributed by atoms with Crippen LogP contribution in [0.3, 0.4) is 0 Å². The van der Waals surface area contributed by atoms with Crippen LogP contribution in [0.15, 0.2) is 48.8 Å². The largest absolute Gasteiger partial charge is 0.366 e. The summed E-state index contributed by atoms with van der Waals surface area (Å²) in [6.45, 7) is 3.20. The fourth-order valence-electron chi connectivity index (χ4n) is 4.17. The summed E-state index contributed by atoms with van der Waals surface area (Å²) in [5.41, 5.74) is 10.0. The van der Waals surface area contributed by atoms with Crippen molar-refractivity contribution in [3.8, 4) is 17.5 Å². The van der Waals surface area contributed by atoms with Crippen LogP contribution in [0.1, 0.15) is 46.3 Å². The summed E-state index contributed by atoms with van der Waals surface area (Å²) in [5, 5.41) is 9.49. The smallest absolute Gasteiger partial charge is 0.249 e. The number of carbonyl (C=O) groups excluding carboxylic acids is 2. The first-order valence-electron chi connectivity index (χ1n) is 10.7. The lowest BCUT2D eigenvalue weighted by Crippen LogP contribution is -2.35. The Hall–Kier alpha value is -3.92. The van der Waals surface area contributed by atoms with Crippen molar-refractivity contribution < 1.29 is 9.59 Å². The van der Waals surface area contributed by atoms with Crippen LogP contribution in [-0.4, -0.2) is 27.9 Å². The Morgan fingerprint density at radius 1 is 1.22 bits per heavy atom. The van der Waals surface area contributed by atoms with Crippen LogP contribution < -0.4 is 10.6 Å². The highest BCUT2D eigenvalue weighted by Gasteiger charge is 2.21. The number of hydrogen-bond donors (Lipinski definition) is 1. The predicted octanol–water partition coefficient (Wildman–Crippen LogP) is 3.59. The Balaban J connectivity index is 1.60. The highest BCUT2D eigenvalue weighted by molar-refractivity contribution is 5.98. The van der Waals surface area contributed by atoms with E-state index >= 15 is 0 Å². The van der Waals surface area contributed by atoms with Gasteiger partial charge in [0.05, 0.1) is 11.6 Å². The van der Waals surface area contributed by atoms with Crippen molar-refractivity contribution in [2.75, 3.05) is 11.4 Å². The molecule has 0 bridgehead atoms. The third-order valence-electron chi connectivity index (χ3n) is 5.87. The maximum Gasteiger partial charge on any atom is 0.249 e. The molecule has 3 aromatic rings. The summed E-state index contributed by atoms with van der Waals surface area (Å²) in [7, 11) is 0. The van der Waals surface area contributed by atoms with E-state index in [0.29, 0.717) is 48.6 Å². The lowest BCUT2D eigenvalue weighted by atomic mass is 10.0.